The van der Waals surface area contributed by atoms with Crippen LogP contribution in [-0.2, 0) is 14.8 Å². The summed E-state index contributed by atoms with van der Waals surface area (Å²) < 4.78 is 31.4. The third kappa shape index (κ3) is 7.05. The molecule has 29 heavy (non-hydrogen) atoms. The monoisotopic (exact) mass is 422 g/mol. The predicted molar refractivity (Wildman–Crippen MR) is 110 cm³/mol. The lowest BCUT2D eigenvalue weighted by atomic mass is 10.2. The Bertz CT molecular complexity index is 979. The van der Waals surface area contributed by atoms with E-state index in [0.29, 0.717) is 12.3 Å². The van der Waals surface area contributed by atoms with E-state index in [1.807, 2.05) is 6.92 Å². The van der Waals surface area contributed by atoms with E-state index in [1.165, 1.54) is 0 Å². The Morgan fingerprint density at radius 2 is 1.86 bits per heavy atom. The van der Waals surface area contributed by atoms with Crippen LogP contribution in [0, 0.1) is 10.1 Å². The number of nitrogens with one attached hydrogen (secondary N) is 3. The van der Waals surface area contributed by atoms with Gasteiger partial charge in [0.05, 0.1) is 29.5 Å². The van der Waals surface area contributed by atoms with E-state index in [1.54, 1.807) is 30.3 Å². The molecule has 0 spiro atoms. The zero-order valence-corrected chi connectivity index (χ0v) is 16.8. The van der Waals surface area contributed by atoms with Crippen molar-refractivity contribution < 1.29 is 22.9 Å². The Balaban J connectivity index is 2.43. The molecule has 0 fully saturated rings. The number of para-hydroxylation sites is 1. The fraction of sp³-hybridized carbons (Fsp3) is 0.278. The molecule has 0 saturated heterocycles. The van der Waals surface area contributed by atoms with Crippen molar-refractivity contribution in [3.05, 3.63) is 52.6 Å². The van der Waals surface area contributed by atoms with E-state index in [2.05, 4.69) is 15.4 Å². The maximum Gasteiger partial charge on any atom is 0.296 e. The molecule has 0 aliphatic carbocycles. The van der Waals surface area contributed by atoms with Gasteiger partial charge in [0.2, 0.25) is 15.9 Å². The molecule has 0 bridgehead atoms. The molecule has 10 nitrogen and oxygen atoms in total. The van der Waals surface area contributed by atoms with Gasteiger partial charge in [-0.05, 0) is 31.2 Å². The SMILES string of the molecule is CCCNCC(=O)Nc1cc(NS(C)(=O)=O)c(Oc2ccccc2)cc1[N+](=O)[O-]. The largest absolute Gasteiger partial charge is 0.455 e. The molecule has 0 unspecified atom stereocenters. The van der Waals surface area contributed by atoms with Crippen LogP contribution in [0.3, 0.4) is 0 Å². The fourth-order valence-electron chi connectivity index (χ4n) is 2.37. The molecule has 0 aromatic heterocycles. The van der Waals surface area contributed by atoms with Crippen molar-refractivity contribution in [3.63, 3.8) is 0 Å². The average Bonchev–Trinajstić information content (AvgIpc) is 2.63. The van der Waals surface area contributed by atoms with Crippen molar-refractivity contribution >= 4 is 33.0 Å². The first kappa shape index (κ1) is 22.1. The van der Waals surface area contributed by atoms with E-state index >= 15 is 0 Å². The molecule has 0 aliphatic rings. The van der Waals surface area contributed by atoms with Gasteiger partial charge in [0.25, 0.3) is 5.69 Å². The van der Waals surface area contributed by atoms with Gasteiger partial charge in [-0.25, -0.2) is 8.42 Å². The number of anilines is 2. The van der Waals surface area contributed by atoms with Crippen LogP contribution in [-0.4, -0.2) is 38.6 Å². The molecular weight excluding hydrogens is 400 g/mol. The van der Waals surface area contributed by atoms with Crippen molar-refractivity contribution in [3.8, 4) is 11.5 Å². The zero-order chi connectivity index (χ0) is 21.4. The third-order valence-corrected chi connectivity index (χ3v) is 4.14. The first-order chi connectivity index (χ1) is 13.7. The van der Waals surface area contributed by atoms with Crippen LogP contribution in [0.1, 0.15) is 13.3 Å². The van der Waals surface area contributed by atoms with Crippen LogP contribution in [0.4, 0.5) is 17.1 Å². The molecule has 0 aliphatic heterocycles. The molecule has 0 heterocycles. The van der Waals surface area contributed by atoms with Crippen molar-refractivity contribution in [2.45, 2.75) is 13.3 Å². The van der Waals surface area contributed by atoms with Gasteiger partial charge in [-0.1, -0.05) is 25.1 Å². The smallest absolute Gasteiger partial charge is 0.296 e. The molecular formula is C18H22N4O6S. The number of carbonyl (C=O) groups excluding carboxylic acids is 1. The van der Waals surface area contributed by atoms with Crippen molar-refractivity contribution in [1.82, 2.24) is 5.32 Å². The Morgan fingerprint density at radius 3 is 2.45 bits per heavy atom. The van der Waals surface area contributed by atoms with Crippen LogP contribution < -0.4 is 20.1 Å². The minimum Gasteiger partial charge on any atom is -0.455 e. The quantitative estimate of drug-likeness (QED) is 0.304. The van der Waals surface area contributed by atoms with Gasteiger partial charge in [0, 0.05) is 0 Å². The lowest BCUT2D eigenvalue weighted by Gasteiger charge is -2.15. The van der Waals surface area contributed by atoms with E-state index in [-0.39, 0.29) is 23.7 Å². The average molecular weight is 422 g/mol. The third-order valence-electron chi connectivity index (χ3n) is 3.55. The van der Waals surface area contributed by atoms with Gasteiger partial charge in [0.15, 0.2) is 5.75 Å². The number of nitro benzene ring substituents is 1. The highest BCUT2D eigenvalue weighted by atomic mass is 32.2. The van der Waals surface area contributed by atoms with E-state index in [9.17, 15) is 23.3 Å². The number of nitrogens with zero attached hydrogens (tertiary/aromatic N) is 1. The second-order valence-corrected chi connectivity index (χ2v) is 7.89. The second-order valence-electron chi connectivity index (χ2n) is 6.14. The molecule has 0 atom stereocenters. The Morgan fingerprint density at radius 1 is 1.17 bits per heavy atom. The van der Waals surface area contributed by atoms with E-state index < -0.39 is 26.5 Å². The summed E-state index contributed by atoms with van der Waals surface area (Å²) in [6.45, 7) is 2.51. The number of rotatable bonds is 10. The standard InChI is InChI=1S/C18H22N4O6S/c1-3-9-19-12-18(23)20-14-10-15(21-29(2,26)27)17(11-16(14)22(24)25)28-13-7-5-4-6-8-13/h4-8,10-11,19,21H,3,9,12H2,1-2H3,(H,20,23). The number of carbonyl (C=O) groups is 1. The highest BCUT2D eigenvalue weighted by Gasteiger charge is 2.22. The van der Waals surface area contributed by atoms with Gasteiger partial charge in [-0.2, -0.15) is 0 Å². The summed E-state index contributed by atoms with van der Waals surface area (Å²) in [7, 11) is -3.71. The number of ether oxygens (including phenoxy) is 1. The minimum atomic E-state index is -3.71. The summed E-state index contributed by atoms with van der Waals surface area (Å²) in [5.74, 6) is -0.210. The van der Waals surface area contributed by atoms with Crippen molar-refractivity contribution in [1.29, 1.82) is 0 Å². The number of nitro groups is 1. The summed E-state index contributed by atoms with van der Waals surface area (Å²) >= 11 is 0. The topological polar surface area (TPSA) is 140 Å². The molecule has 156 valence electrons. The molecule has 11 heteroatoms. The normalized spacial score (nSPS) is 11.0. The second kappa shape index (κ2) is 9.85. The van der Waals surface area contributed by atoms with Crippen LogP contribution in [0.5, 0.6) is 11.5 Å². The van der Waals surface area contributed by atoms with Gasteiger partial charge < -0.3 is 15.4 Å². The molecule has 2 rings (SSSR count). The van der Waals surface area contributed by atoms with Crippen LogP contribution >= 0.6 is 0 Å². The highest BCUT2D eigenvalue weighted by Crippen LogP contribution is 2.39. The Hall–Kier alpha value is -3.18. The van der Waals surface area contributed by atoms with E-state index in [0.717, 1.165) is 24.8 Å². The van der Waals surface area contributed by atoms with Gasteiger partial charge >= 0.3 is 0 Å². The maximum absolute atomic E-state index is 12.1. The highest BCUT2D eigenvalue weighted by molar-refractivity contribution is 7.92. The van der Waals surface area contributed by atoms with Gasteiger partial charge in [0.1, 0.15) is 11.4 Å². The summed E-state index contributed by atoms with van der Waals surface area (Å²) in [4.78, 5) is 22.9. The molecule has 2 aromatic carbocycles. The van der Waals surface area contributed by atoms with Crippen molar-refractivity contribution in [2.24, 2.45) is 0 Å². The van der Waals surface area contributed by atoms with Crippen LogP contribution in [0.15, 0.2) is 42.5 Å². The Kier molecular flexibility index (Phi) is 7.51. The van der Waals surface area contributed by atoms with Gasteiger partial charge in [-0.15, -0.1) is 0 Å². The first-order valence-electron chi connectivity index (χ1n) is 8.73. The fourth-order valence-corrected chi connectivity index (χ4v) is 2.93. The zero-order valence-electron chi connectivity index (χ0n) is 16.0. The lowest BCUT2D eigenvalue weighted by molar-refractivity contribution is -0.384. The van der Waals surface area contributed by atoms with Gasteiger partial charge in [-0.3, -0.25) is 19.6 Å². The number of benzene rings is 2. The number of amides is 1. The number of hydrogen-bond acceptors (Lipinski definition) is 7. The van der Waals surface area contributed by atoms with Crippen LogP contribution in [0.25, 0.3) is 0 Å². The van der Waals surface area contributed by atoms with E-state index in [4.69, 9.17) is 4.74 Å². The molecule has 3 N–H and O–H groups in total. The number of sulfonamides is 1. The summed E-state index contributed by atoms with van der Waals surface area (Å²) in [5, 5.41) is 16.8. The first-order valence-corrected chi connectivity index (χ1v) is 10.6. The summed E-state index contributed by atoms with van der Waals surface area (Å²) in [6.07, 6.45) is 1.76. The summed E-state index contributed by atoms with van der Waals surface area (Å²) in [5.41, 5.74) is -0.623. The van der Waals surface area contributed by atoms with Crippen molar-refractivity contribution in [2.75, 3.05) is 29.4 Å². The lowest BCUT2D eigenvalue weighted by Crippen LogP contribution is -2.28. The molecule has 1 amide bonds. The minimum absolute atomic E-state index is 0.0396. The molecule has 0 saturated carbocycles. The predicted octanol–water partition coefficient (Wildman–Crippen LogP) is 2.70. The van der Waals surface area contributed by atoms with Crippen LogP contribution in [0.2, 0.25) is 0 Å². The maximum atomic E-state index is 12.1. The molecule has 0 radical (unpaired) electrons. The Labute approximate surface area is 168 Å². The molecule has 2 aromatic rings. The number of hydrogen-bond donors (Lipinski definition) is 3. The summed E-state index contributed by atoms with van der Waals surface area (Å²) in [6, 6.07) is 10.6.